The molecule has 104 valence electrons. The van der Waals surface area contributed by atoms with Crippen LogP contribution in [0.25, 0.3) is 0 Å². The first-order valence-electron chi connectivity index (χ1n) is 6.25. The zero-order valence-electron chi connectivity index (χ0n) is 11.4. The van der Waals surface area contributed by atoms with E-state index in [1.165, 1.54) is 31.1 Å². The summed E-state index contributed by atoms with van der Waals surface area (Å²) in [6.07, 6.45) is 2.35. The molecule has 0 radical (unpaired) electrons. The molecule has 1 heterocycles. The second-order valence-corrected chi connectivity index (χ2v) is 6.61. The quantitative estimate of drug-likeness (QED) is 0.721. The van der Waals surface area contributed by atoms with Crippen molar-refractivity contribution < 1.29 is 9.59 Å². The summed E-state index contributed by atoms with van der Waals surface area (Å²) in [5, 5.41) is 3.94. The second kappa shape index (κ2) is 4.52. The van der Waals surface area contributed by atoms with E-state index < -0.39 is 5.91 Å². The summed E-state index contributed by atoms with van der Waals surface area (Å²) < 4.78 is 0. The first kappa shape index (κ1) is 13.9. The normalized spacial score (nSPS) is 15.3. The highest BCUT2D eigenvalue weighted by molar-refractivity contribution is 7.19. The van der Waals surface area contributed by atoms with Crippen LogP contribution in [0.15, 0.2) is 0 Å². The lowest BCUT2D eigenvalue weighted by atomic mass is 9.99. The minimum absolute atomic E-state index is 0.129. The number of hydrogen-bond acceptors (Lipinski definition) is 5. The fraction of sp³-hybridized carbons (Fsp3) is 0.538. The molecule has 1 aromatic rings. The van der Waals surface area contributed by atoms with E-state index in [4.69, 9.17) is 11.5 Å². The van der Waals surface area contributed by atoms with E-state index in [2.05, 4.69) is 19.2 Å². The van der Waals surface area contributed by atoms with Gasteiger partial charge in [-0.1, -0.05) is 0 Å². The van der Waals surface area contributed by atoms with Crippen molar-refractivity contribution in [1.82, 2.24) is 0 Å². The number of carbonyl (C=O) groups excluding carboxylic acids is 2. The van der Waals surface area contributed by atoms with Gasteiger partial charge in [0.1, 0.15) is 5.00 Å². The zero-order chi connectivity index (χ0) is 14.4. The average molecular weight is 281 g/mol. The molecule has 1 aliphatic carbocycles. The Morgan fingerprint density at radius 1 is 1.37 bits per heavy atom. The number of nitrogens with two attached hydrogens (primary N) is 2. The number of amides is 1. The summed E-state index contributed by atoms with van der Waals surface area (Å²) in [6.45, 7) is 5.60. The van der Waals surface area contributed by atoms with Gasteiger partial charge in [-0.15, -0.1) is 11.3 Å². The van der Waals surface area contributed by atoms with Gasteiger partial charge in [-0.2, -0.15) is 0 Å². The van der Waals surface area contributed by atoms with Crippen molar-refractivity contribution in [3.8, 4) is 0 Å². The first-order valence-corrected chi connectivity index (χ1v) is 7.07. The molecule has 6 heteroatoms. The van der Waals surface area contributed by atoms with E-state index in [1.54, 1.807) is 0 Å². The maximum Gasteiger partial charge on any atom is 0.253 e. The summed E-state index contributed by atoms with van der Waals surface area (Å²) in [6, 6.07) is 0. The predicted molar refractivity (Wildman–Crippen MR) is 77.7 cm³/mol. The lowest BCUT2D eigenvalue weighted by molar-refractivity contribution is 0.100. The zero-order valence-corrected chi connectivity index (χ0v) is 12.2. The van der Waals surface area contributed by atoms with Crippen molar-refractivity contribution in [2.75, 3.05) is 11.1 Å². The van der Waals surface area contributed by atoms with Gasteiger partial charge in [0, 0.05) is 12.5 Å². The van der Waals surface area contributed by atoms with Crippen molar-refractivity contribution in [2.45, 2.75) is 39.2 Å². The van der Waals surface area contributed by atoms with Gasteiger partial charge in [-0.05, 0) is 32.6 Å². The molecule has 0 unspecified atom stereocenters. The third-order valence-corrected chi connectivity index (χ3v) is 4.77. The molecular weight excluding hydrogens is 262 g/mol. The summed E-state index contributed by atoms with van der Waals surface area (Å²) in [5.41, 5.74) is 11.5. The first-order chi connectivity index (χ1) is 8.74. The molecule has 1 aromatic heterocycles. The molecule has 2 rings (SSSR count). The minimum atomic E-state index is -0.602. The standard InChI is InChI=1S/C13H19N3O2S/c1-6(17)10-9(14)8(11(15)18)12(19-10)16-13(2,3)7-4-5-7/h7,16H,4-5,14H2,1-3H3,(H2,15,18). The van der Waals surface area contributed by atoms with Crippen LogP contribution < -0.4 is 16.8 Å². The van der Waals surface area contributed by atoms with Gasteiger partial charge in [0.15, 0.2) is 5.78 Å². The van der Waals surface area contributed by atoms with Crippen molar-refractivity contribution in [1.29, 1.82) is 0 Å². The molecule has 1 saturated carbocycles. The molecule has 0 atom stereocenters. The highest BCUT2D eigenvalue weighted by atomic mass is 32.1. The maximum absolute atomic E-state index is 11.5. The van der Waals surface area contributed by atoms with Crippen LogP contribution >= 0.6 is 11.3 Å². The number of hydrogen-bond donors (Lipinski definition) is 3. The van der Waals surface area contributed by atoms with Gasteiger partial charge in [0.2, 0.25) is 0 Å². The molecule has 1 fully saturated rings. The number of thiophene rings is 1. The van der Waals surface area contributed by atoms with Crippen LogP contribution in [0.5, 0.6) is 0 Å². The van der Waals surface area contributed by atoms with Crippen LogP contribution in [0.2, 0.25) is 0 Å². The topological polar surface area (TPSA) is 98.2 Å². The average Bonchev–Trinajstić information content (AvgIpc) is 3.04. The van der Waals surface area contributed by atoms with Crippen LogP contribution in [0, 0.1) is 5.92 Å². The Kier molecular flexibility index (Phi) is 3.30. The van der Waals surface area contributed by atoms with E-state index in [9.17, 15) is 9.59 Å². The number of Topliss-reactive ketones (excluding diaryl/α,β-unsaturated/α-hetero) is 1. The van der Waals surface area contributed by atoms with E-state index in [1.807, 2.05) is 0 Å². The van der Waals surface area contributed by atoms with Crippen molar-refractivity contribution in [3.63, 3.8) is 0 Å². The van der Waals surface area contributed by atoms with E-state index in [-0.39, 0.29) is 22.6 Å². The lowest BCUT2D eigenvalue weighted by Gasteiger charge is -2.27. The van der Waals surface area contributed by atoms with Crippen LogP contribution in [0.4, 0.5) is 10.7 Å². The Balaban J connectivity index is 2.41. The fourth-order valence-electron chi connectivity index (χ4n) is 2.24. The molecule has 1 amide bonds. The number of rotatable bonds is 5. The number of nitrogens with one attached hydrogen (secondary N) is 1. The van der Waals surface area contributed by atoms with Crippen LogP contribution in [0.3, 0.4) is 0 Å². The Hall–Kier alpha value is -1.56. The highest BCUT2D eigenvalue weighted by Crippen LogP contribution is 2.44. The SMILES string of the molecule is CC(=O)c1sc(NC(C)(C)C2CC2)c(C(N)=O)c1N. The predicted octanol–water partition coefficient (Wildman–Crippen LogP) is 2.23. The van der Waals surface area contributed by atoms with Gasteiger partial charge in [-0.25, -0.2) is 0 Å². The van der Waals surface area contributed by atoms with Gasteiger partial charge in [-0.3, -0.25) is 9.59 Å². The Labute approximate surface area is 116 Å². The van der Waals surface area contributed by atoms with Crippen LogP contribution in [-0.4, -0.2) is 17.2 Å². The number of ketones is 1. The molecule has 1 aliphatic rings. The monoisotopic (exact) mass is 281 g/mol. The maximum atomic E-state index is 11.5. The highest BCUT2D eigenvalue weighted by Gasteiger charge is 2.39. The van der Waals surface area contributed by atoms with E-state index in [0.29, 0.717) is 15.8 Å². The Bertz CT molecular complexity index is 544. The number of carbonyl (C=O) groups is 2. The van der Waals surface area contributed by atoms with Crippen molar-refractivity contribution >= 4 is 33.7 Å². The summed E-state index contributed by atoms with van der Waals surface area (Å²) >= 11 is 1.21. The minimum Gasteiger partial charge on any atom is -0.397 e. The van der Waals surface area contributed by atoms with E-state index in [0.717, 1.165) is 0 Å². The van der Waals surface area contributed by atoms with Crippen molar-refractivity contribution in [3.05, 3.63) is 10.4 Å². The third kappa shape index (κ3) is 2.58. The molecule has 0 aliphatic heterocycles. The van der Waals surface area contributed by atoms with Crippen LogP contribution in [-0.2, 0) is 0 Å². The molecule has 0 spiro atoms. The summed E-state index contributed by atoms with van der Waals surface area (Å²) in [4.78, 5) is 23.5. The molecule has 0 aromatic carbocycles. The molecule has 0 saturated heterocycles. The van der Waals surface area contributed by atoms with Gasteiger partial charge < -0.3 is 16.8 Å². The smallest absolute Gasteiger partial charge is 0.253 e. The van der Waals surface area contributed by atoms with Gasteiger partial charge in [0.25, 0.3) is 5.91 Å². The summed E-state index contributed by atoms with van der Waals surface area (Å²) in [7, 11) is 0. The van der Waals surface area contributed by atoms with Gasteiger partial charge >= 0.3 is 0 Å². The largest absolute Gasteiger partial charge is 0.397 e. The number of anilines is 2. The molecule has 19 heavy (non-hydrogen) atoms. The molecular formula is C13H19N3O2S. The third-order valence-electron chi connectivity index (χ3n) is 3.54. The van der Waals surface area contributed by atoms with Gasteiger partial charge in [0.05, 0.1) is 16.1 Å². The number of nitrogen functional groups attached to an aromatic ring is 1. The van der Waals surface area contributed by atoms with E-state index >= 15 is 0 Å². The molecule has 5 nitrogen and oxygen atoms in total. The lowest BCUT2D eigenvalue weighted by Crippen LogP contribution is -2.33. The molecule has 5 N–H and O–H groups in total. The van der Waals surface area contributed by atoms with Crippen LogP contribution in [0.1, 0.15) is 53.6 Å². The van der Waals surface area contributed by atoms with Crippen molar-refractivity contribution in [2.24, 2.45) is 11.7 Å². The fourth-order valence-corrected chi connectivity index (χ4v) is 3.42. The second-order valence-electron chi connectivity index (χ2n) is 5.59. The summed E-state index contributed by atoms with van der Waals surface area (Å²) in [5.74, 6) is -0.171. The molecule has 0 bridgehead atoms. The Morgan fingerprint density at radius 3 is 2.37 bits per heavy atom. The Morgan fingerprint density at radius 2 is 1.95 bits per heavy atom. The number of primary amides is 1.